The molecule has 1 aliphatic rings. The van der Waals surface area contributed by atoms with Crippen LogP contribution in [0.25, 0.3) is 0 Å². The Morgan fingerprint density at radius 1 is 1.14 bits per heavy atom. The molecule has 0 saturated carbocycles. The van der Waals surface area contributed by atoms with Crippen molar-refractivity contribution in [2.45, 2.75) is 25.8 Å². The third kappa shape index (κ3) is 3.05. The molecular weight excluding hydrogens is 263 g/mol. The van der Waals surface area contributed by atoms with E-state index in [0.29, 0.717) is 12.1 Å². The van der Waals surface area contributed by atoms with Crippen molar-refractivity contribution in [1.82, 2.24) is 0 Å². The number of fused-ring (bicyclic) bond motifs is 1. The minimum atomic E-state index is -0.341. The average molecular weight is 280 g/mol. The van der Waals surface area contributed by atoms with Crippen molar-refractivity contribution in [3.8, 4) is 6.07 Å². The summed E-state index contributed by atoms with van der Waals surface area (Å²) in [7, 11) is 0. The van der Waals surface area contributed by atoms with Gasteiger partial charge in [-0.15, -0.1) is 0 Å². The fraction of sp³-hybridized carbons (Fsp3) is 0.278. The number of para-hydroxylation sites is 1. The van der Waals surface area contributed by atoms with Gasteiger partial charge in [0.05, 0.1) is 11.6 Å². The van der Waals surface area contributed by atoms with Crippen molar-refractivity contribution < 1.29 is 4.39 Å². The molecule has 1 aliphatic heterocycles. The van der Waals surface area contributed by atoms with Gasteiger partial charge in [0.2, 0.25) is 0 Å². The van der Waals surface area contributed by atoms with E-state index in [-0.39, 0.29) is 5.82 Å². The second kappa shape index (κ2) is 5.97. The molecule has 21 heavy (non-hydrogen) atoms. The van der Waals surface area contributed by atoms with Crippen LogP contribution in [0.5, 0.6) is 0 Å². The molecule has 0 N–H and O–H groups in total. The number of anilines is 1. The minimum Gasteiger partial charge on any atom is -0.367 e. The molecular formula is C18H17FN2. The molecule has 0 unspecified atom stereocenters. The largest absolute Gasteiger partial charge is 0.367 e. The lowest BCUT2D eigenvalue weighted by molar-refractivity contribution is 0.623. The normalized spacial score (nSPS) is 14.2. The van der Waals surface area contributed by atoms with Gasteiger partial charge in [-0.05, 0) is 54.7 Å². The molecule has 3 rings (SSSR count). The first kappa shape index (κ1) is 13.6. The van der Waals surface area contributed by atoms with Crippen molar-refractivity contribution in [2.75, 3.05) is 11.4 Å². The van der Waals surface area contributed by atoms with Crippen molar-refractivity contribution >= 4 is 5.69 Å². The topological polar surface area (TPSA) is 27.0 Å². The quantitative estimate of drug-likeness (QED) is 0.830. The molecule has 3 heteroatoms. The zero-order valence-electron chi connectivity index (χ0n) is 11.8. The van der Waals surface area contributed by atoms with Gasteiger partial charge in [-0.25, -0.2) is 4.39 Å². The number of hydrogen-bond acceptors (Lipinski definition) is 2. The number of rotatable bonds is 2. The molecule has 0 spiro atoms. The molecule has 2 aromatic rings. The van der Waals surface area contributed by atoms with Gasteiger partial charge in [0.15, 0.2) is 0 Å². The molecule has 0 saturated heterocycles. The van der Waals surface area contributed by atoms with Crippen molar-refractivity contribution in [3.05, 3.63) is 65.0 Å². The maximum Gasteiger partial charge on any atom is 0.124 e. The molecule has 0 atom stereocenters. The molecule has 0 aliphatic carbocycles. The predicted molar refractivity (Wildman–Crippen MR) is 81.5 cm³/mol. The number of benzene rings is 2. The standard InChI is InChI=1S/C18H17FN2/c19-17-10-14(12-20)9-15(11-17)13-21-8-4-3-6-16-5-1-2-7-18(16)21/h1-2,5,7,9-11H,3-4,6,8,13H2. The summed E-state index contributed by atoms with van der Waals surface area (Å²) < 4.78 is 13.6. The number of nitriles is 1. The number of nitrogens with zero attached hydrogens (tertiary/aromatic N) is 2. The molecule has 0 bridgehead atoms. The van der Waals surface area contributed by atoms with E-state index in [4.69, 9.17) is 5.26 Å². The van der Waals surface area contributed by atoms with E-state index in [9.17, 15) is 4.39 Å². The smallest absolute Gasteiger partial charge is 0.124 e. The Bertz CT molecular complexity index is 688. The van der Waals surface area contributed by atoms with E-state index >= 15 is 0 Å². The van der Waals surface area contributed by atoms with E-state index in [1.807, 2.05) is 12.1 Å². The highest BCUT2D eigenvalue weighted by molar-refractivity contribution is 5.55. The van der Waals surface area contributed by atoms with Crippen molar-refractivity contribution in [2.24, 2.45) is 0 Å². The van der Waals surface area contributed by atoms with E-state index < -0.39 is 0 Å². The van der Waals surface area contributed by atoms with Crippen LogP contribution in [0.15, 0.2) is 42.5 Å². The first-order chi connectivity index (χ1) is 10.3. The van der Waals surface area contributed by atoms with Gasteiger partial charge >= 0.3 is 0 Å². The molecule has 0 radical (unpaired) electrons. The van der Waals surface area contributed by atoms with Crippen LogP contribution in [0.1, 0.15) is 29.5 Å². The number of aryl methyl sites for hydroxylation is 1. The van der Waals surface area contributed by atoms with Crippen molar-refractivity contribution in [1.29, 1.82) is 5.26 Å². The van der Waals surface area contributed by atoms with Gasteiger partial charge in [-0.1, -0.05) is 18.2 Å². The molecule has 2 aromatic carbocycles. The second-order valence-corrected chi connectivity index (χ2v) is 5.47. The van der Waals surface area contributed by atoms with Gasteiger partial charge in [-0.3, -0.25) is 0 Å². The Hall–Kier alpha value is -2.34. The van der Waals surface area contributed by atoms with Crippen LogP contribution in [0.2, 0.25) is 0 Å². The van der Waals surface area contributed by atoms with Gasteiger partial charge in [0.1, 0.15) is 5.82 Å². The lowest BCUT2D eigenvalue weighted by Crippen LogP contribution is -2.23. The Labute approximate surface area is 124 Å². The third-order valence-electron chi connectivity index (χ3n) is 3.92. The summed E-state index contributed by atoms with van der Waals surface area (Å²) in [6.07, 6.45) is 3.41. The Kier molecular flexibility index (Phi) is 3.87. The van der Waals surface area contributed by atoms with Gasteiger partial charge in [0.25, 0.3) is 0 Å². The maximum atomic E-state index is 13.6. The molecule has 1 heterocycles. The monoisotopic (exact) mass is 280 g/mol. The fourth-order valence-corrected chi connectivity index (χ4v) is 2.96. The zero-order chi connectivity index (χ0) is 14.7. The highest BCUT2D eigenvalue weighted by atomic mass is 19.1. The summed E-state index contributed by atoms with van der Waals surface area (Å²) in [5.41, 5.74) is 3.82. The summed E-state index contributed by atoms with van der Waals surface area (Å²) in [6.45, 7) is 1.61. The van der Waals surface area contributed by atoms with E-state index in [1.165, 1.54) is 29.8 Å². The van der Waals surface area contributed by atoms with Gasteiger partial charge < -0.3 is 4.90 Å². The predicted octanol–water partition coefficient (Wildman–Crippen LogP) is 4.04. The summed E-state index contributed by atoms with van der Waals surface area (Å²) in [6, 6.07) is 15.0. The minimum absolute atomic E-state index is 0.341. The van der Waals surface area contributed by atoms with Gasteiger partial charge in [-0.2, -0.15) is 5.26 Å². The fourth-order valence-electron chi connectivity index (χ4n) is 2.96. The lowest BCUT2D eigenvalue weighted by atomic mass is 10.1. The van der Waals surface area contributed by atoms with E-state index in [1.54, 1.807) is 6.07 Å². The van der Waals surface area contributed by atoms with Crippen LogP contribution < -0.4 is 4.90 Å². The van der Waals surface area contributed by atoms with Crippen LogP contribution >= 0.6 is 0 Å². The first-order valence-electron chi connectivity index (χ1n) is 7.29. The molecule has 106 valence electrons. The number of hydrogen-bond donors (Lipinski definition) is 0. The Morgan fingerprint density at radius 2 is 2.00 bits per heavy atom. The van der Waals surface area contributed by atoms with Crippen LogP contribution in [-0.4, -0.2) is 6.54 Å². The molecule has 0 fully saturated rings. The summed E-state index contributed by atoms with van der Waals surface area (Å²) in [5.74, 6) is -0.341. The summed E-state index contributed by atoms with van der Waals surface area (Å²) >= 11 is 0. The average Bonchev–Trinajstić information content (AvgIpc) is 2.69. The van der Waals surface area contributed by atoms with Crippen molar-refractivity contribution in [3.63, 3.8) is 0 Å². The zero-order valence-corrected chi connectivity index (χ0v) is 11.8. The first-order valence-corrected chi connectivity index (χ1v) is 7.29. The maximum absolute atomic E-state index is 13.6. The van der Waals surface area contributed by atoms with E-state index in [2.05, 4.69) is 23.1 Å². The SMILES string of the molecule is N#Cc1cc(F)cc(CN2CCCCc3ccccc32)c1. The Balaban J connectivity index is 1.91. The summed E-state index contributed by atoms with van der Waals surface area (Å²) in [5, 5.41) is 8.96. The highest BCUT2D eigenvalue weighted by Gasteiger charge is 2.15. The second-order valence-electron chi connectivity index (χ2n) is 5.47. The molecule has 0 aromatic heterocycles. The lowest BCUT2D eigenvalue weighted by Gasteiger charge is -2.25. The van der Waals surface area contributed by atoms with E-state index in [0.717, 1.165) is 24.9 Å². The van der Waals surface area contributed by atoms with Crippen LogP contribution in [-0.2, 0) is 13.0 Å². The third-order valence-corrected chi connectivity index (χ3v) is 3.92. The van der Waals surface area contributed by atoms with Gasteiger partial charge in [0, 0.05) is 18.8 Å². The van der Waals surface area contributed by atoms with Crippen LogP contribution in [0.4, 0.5) is 10.1 Å². The number of halogens is 1. The Morgan fingerprint density at radius 3 is 2.86 bits per heavy atom. The van der Waals surface area contributed by atoms with Crippen LogP contribution in [0, 0.1) is 17.1 Å². The van der Waals surface area contributed by atoms with Crippen LogP contribution in [0.3, 0.4) is 0 Å². The molecule has 0 amide bonds. The molecule has 2 nitrogen and oxygen atoms in total. The highest BCUT2D eigenvalue weighted by Crippen LogP contribution is 2.27. The summed E-state index contributed by atoms with van der Waals surface area (Å²) in [4.78, 5) is 2.29.